The third-order valence-electron chi connectivity index (χ3n) is 3.95. The normalized spacial score (nSPS) is 16.8. The summed E-state index contributed by atoms with van der Waals surface area (Å²) in [5.41, 5.74) is 1.02. The SMILES string of the molecule is CC(O)CCNC(C)CCCN1C(=O)c2ccccc2C1=O. The van der Waals surface area contributed by atoms with Crippen LogP contribution in [0, 0.1) is 0 Å². The lowest BCUT2D eigenvalue weighted by Crippen LogP contribution is -2.33. The molecule has 22 heavy (non-hydrogen) atoms. The number of aliphatic hydroxyl groups is 1. The molecule has 120 valence electrons. The molecular weight excluding hydrogens is 280 g/mol. The summed E-state index contributed by atoms with van der Waals surface area (Å²) in [6.45, 7) is 5.07. The Kier molecular flexibility index (Phi) is 5.69. The monoisotopic (exact) mass is 304 g/mol. The van der Waals surface area contributed by atoms with Gasteiger partial charge in [0.1, 0.15) is 0 Å². The van der Waals surface area contributed by atoms with E-state index in [1.807, 2.05) is 0 Å². The van der Waals surface area contributed by atoms with Crippen molar-refractivity contribution in [2.75, 3.05) is 13.1 Å². The van der Waals surface area contributed by atoms with Crippen LogP contribution < -0.4 is 5.32 Å². The molecule has 0 bridgehead atoms. The van der Waals surface area contributed by atoms with Gasteiger partial charge in [0, 0.05) is 12.6 Å². The molecule has 2 atom stereocenters. The number of hydrogen-bond acceptors (Lipinski definition) is 4. The molecule has 2 rings (SSSR count). The Labute approximate surface area is 131 Å². The van der Waals surface area contributed by atoms with Crippen LogP contribution in [0.25, 0.3) is 0 Å². The summed E-state index contributed by atoms with van der Waals surface area (Å²) in [6, 6.07) is 7.27. The Morgan fingerprint density at radius 3 is 2.23 bits per heavy atom. The number of fused-ring (bicyclic) bond motifs is 1. The number of nitrogens with zero attached hydrogens (tertiary/aromatic N) is 1. The molecule has 0 saturated heterocycles. The molecule has 1 aliphatic heterocycles. The van der Waals surface area contributed by atoms with E-state index in [9.17, 15) is 14.7 Å². The quantitative estimate of drug-likeness (QED) is 0.719. The second kappa shape index (κ2) is 7.51. The van der Waals surface area contributed by atoms with Gasteiger partial charge in [0.15, 0.2) is 0 Å². The Morgan fingerprint density at radius 1 is 1.09 bits per heavy atom. The van der Waals surface area contributed by atoms with Gasteiger partial charge in [-0.25, -0.2) is 0 Å². The lowest BCUT2D eigenvalue weighted by molar-refractivity contribution is 0.0650. The van der Waals surface area contributed by atoms with Gasteiger partial charge in [-0.2, -0.15) is 0 Å². The number of amides is 2. The average Bonchev–Trinajstić information content (AvgIpc) is 2.72. The summed E-state index contributed by atoms with van der Waals surface area (Å²) in [6.07, 6.45) is 2.09. The topological polar surface area (TPSA) is 69.6 Å². The second-order valence-electron chi connectivity index (χ2n) is 5.94. The van der Waals surface area contributed by atoms with E-state index in [0.717, 1.165) is 25.8 Å². The highest BCUT2D eigenvalue weighted by Crippen LogP contribution is 2.22. The molecule has 1 aromatic carbocycles. The lowest BCUT2D eigenvalue weighted by Gasteiger charge is -2.17. The first-order valence-corrected chi connectivity index (χ1v) is 7.87. The minimum atomic E-state index is -0.293. The summed E-state index contributed by atoms with van der Waals surface area (Å²) < 4.78 is 0. The summed E-state index contributed by atoms with van der Waals surface area (Å²) in [4.78, 5) is 25.7. The van der Waals surface area contributed by atoms with Gasteiger partial charge in [-0.1, -0.05) is 12.1 Å². The Morgan fingerprint density at radius 2 is 1.68 bits per heavy atom. The Balaban J connectivity index is 1.77. The van der Waals surface area contributed by atoms with Crippen molar-refractivity contribution >= 4 is 11.8 Å². The first-order valence-electron chi connectivity index (χ1n) is 7.87. The summed E-state index contributed by atoms with van der Waals surface area (Å²) >= 11 is 0. The molecule has 1 aromatic rings. The van der Waals surface area contributed by atoms with E-state index in [4.69, 9.17) is 0 Å². The third-order valence-corrected chi connectivity index (χ3v) is 3.95. The fraction of sp³-hybridized carbons (Fsp3) is 0.529. The molecule has 0 saturated carbocycles. The van der Waals surface area contributed by atoms with Crippen LogP contribution in [0.3, 0.4) is 0 Å². The molecule has 2 N–H and O–H groups in total. The van der Waals surface area contributed by atoms with Crippen LogP contribution in [0.1, 0.15) is 53.8 Å². The van der Waals surface area contributed by atoms with Crippen molar-refractivity contribution in [2.24, 2.45) is 0 Å². The average molecular weight is 304 g/mol. The molecule has 2 unspecified atom stereocenters. The first-order chi connectivity index (χ1) is 10.5. The van der Waals surface area contributed by atoms with E-state index < -0.39 is 0 Å². The number of aliphatic hydroxyl groups excluding tert-OH is 1. The van der Waals surface area contributed by atoms with Crippen molar-refractivity contribution in [1.82, 2.24) is 10.2 Å². The minimum absolute atomic E-state index is 0.185. The van der Waals surface area contributed by atoms with Gasteiger partial charge in [0.05, 0.1) is 17.2 Å². The molecule has 2 amide bonds. The van der Waals surface area contributed by atoms with E-state index in [1.165, 1.54) is 4.90 Å². The highest BCUT2D eigenvalue weighted by molar-refractivity contribution is 6.21. The fourth-order valence-corrected chi connectivity index (χ4v) is 2.64. The number of carbonyl (C=O) groups is 2. The molecule has 0 aromatic heterocycles. The number of carbonyl (C=O) groups excluding carboxylic acids is 2. The Hall–Kier alpha value is -1.72. The van der Waals surface area contributed by atoms with Crippen LogP contribution in [0.2, 0.25) is 0 Å². The van der Waals surface area contributed by atoms with Gasteiger partial charge in [-0.05, 0) is 51.8 Å². The van der Waals surface area contributed by atoms with Crippen LogP contribution in [0.15, 0.2) is 24.3 Å². The van der Waals surface area contributed by atoms with E-state index >= 15 is 0 Å². The van der Waals surface area contributed by atoms with Gasteiger partial charge in [0.25, 0.3) is 11.8 Å². The number of rotatable bonds is 8. The predicted octanol–water partition coefficient (Wildman–Crippen LogP) is 1.81. The van der Waals surface area contributed by atoms with E-state index in [1.54, 1.807) is 31.2 Å². The molecule has 0 radical (unpaired) electrons. The van der Waals surface area contributed by atoms with Gasteiger partial charge < -0.3 is 10.4 Å². The maximum atomic E-state index is 12.2. The van der Waals surface area contributed by atoms with Crippen molar-refractivity contribution in [3.63, 3.8) is 0 Å². The predicted molar refractivity (Wildman–Crippen MR) is 84.8 cm³/mol. The minimum Gasteiger partial charge on any atom is -0.393 e. The molecule has 1 aliphatic rings. The summed E-state index contributed by atoms with van der Waals surface area (Å²) in [7, 11) is 0. The number of nitrogens with one attached hydrogen (secondary N) is 1. The third kappa shape index (κ3) is 3.93. The molecule has 5 heteroatoms. The van der Waals surface area contributed by atoms with Crippen molar-refractivity contribution in [1.29, 1.82) is 0 Å². The molecule has 5 nitrogen and oxygen atoms in total. The highest BCUT2D eigenvalue weighted by Gasteiger charge is 2.34. The van der Waals surface area contributed by atoms with Crippen LogP contribution in [0.4, 0.5) is 0 Å². The zero-order chi connectivity index (χ0) is 16.1. The van der Waals surface area contributed by atoms with Crippen LogP contribution in [-0.2, 0) is 0 Å². The smallest absolute Gasteiger partial charge is 0.261 e. The maximum Gasteiger partial charge on any atom is 0.261 e. The van der Waals surface area contributed by atoms with Crippen molar-refractivity contribution in [3.8, 4) is 0 Å². The van der Waals surface area contributed by atoms with E-state index in [2.05, 4.69) is 12.2 Å². The Bertz CT molecular complexity index is 507. The largest absolute Gasteiger partial charge is 0.393 e. The van der Waals surface area contributed by atoms with Gasteiger partial charge in [-0.15, -0.1) is 0 Å². The van der Waals surface area contributed by atoms with E-state index in [-0.39, 0.29) is 17.9 Å². The lowest BCUT2D eigenvalue weighted by atomic mass is 10.1. The second-order valence-corrected chi connectivity index (χ2v) is 5.94. The van der Waals surface area contributed by atoms with E-state index in [0.29, 0.717) is 23.7 Å². The standard InChI is InChI=1S/C17H24N2O3/c1-12(18-10-9-13(2)20)6-5-11-19-16(21)14-7-3-4-8-15(14)17(19)22/h3-4,7-8,12-13,18,20H,5-6,9-11H2,1-2H3. The molecule has 0 fully saturated rings. The molecular formula is C17H24N2O3. The number of hydrogen-bond donors (Lipinski definition) is 2. The maximum absolute atomic E-state index is 12.2. The van der Waals surface area contributed by atoms with Crippen molar-refractivity contribution < 1.29 is 14.7 Å². The molecule has 0 aliphatic carbocycles. The van der Waals surface area contributed by atoms with Gasteiger partial charge in [0.2, 0.25) is 0 Å². The van der Waals surface area contributed by atoms with Gasteiger partial charge >= 0.3 is 0 Å². The van der Waals surface area contributed by atoms with Crippen LogP contribution in [0.5, 0.6) is 0 Å². The highest BCUT2D eigenvalue weighted by atomic mass is 16.3. The van der Waals surface area contributed by atoms with Gasteiger partial charge in [-0.3, -0.25) is 14.5 Å². The molecule has 0 spiro atoms. The number of benzene rings is 1. The zero-order valence-corrected chi connectivity index (χ0v) is 13.2. The first kappa shape index (κ1) is 16.6. The molecule has 1 heterocycles. The fourth-order valence-electron chi connectivity index (χ4n) is 2.64. The summed E-state index contributed by atoms with van der Waals surface area (Å²) in [5, 5.41) is 12.5. The zero-order valence-electron chi connectivity index (χ0n) is 13.2. The van der Waals surface area contributed by atoms with Crippen LogP contribution >= 0.6 is 0 Å². The number of imide groups is 1. The van der Waals surface area contributed by atoms with Crippen molar-refractivity contribution in [2.45, 2.75) is 45.3 Å². The van der Waals surface area contributed by atoms with Crippen molar-refractivity contribution in [3.05, 3.63) is 35.4 Å². The van der Waals surface area contributed by atoms with Crippen LogP contribution in [-0.4, -0.2) is 47.1 Å². The summed E-state index contributed by atoms with van der Waals surface area (Å²) in [5.74, 6) is -0.370.